The second kappa shape index (κ2) is 4.90. The fourth-order valence-electron chi connectivity index (χ4n) is 3.17. The summed E-state index contributed by atoms with van der Waals surface area (Å²) < 4.78 is 1.57. The Kier molecular flexibility index (Phi) is 3.60. The van der Waals surface area contributed by atoms with Crippen LogP contribution in [0.1, 0.15) is 65.1 Å². The summed E-state index contributed by atoms with van der Waals surface area (Å²) in [5.41, 5.74) is -1.11. The highest BCUT2D eigenvalue weighted by Gasteiger charge is 2.45. The highest BCUT2D eigenvalue weighted by atomic mass is 16.4. The minimum absolute atomic E-state index is 0.0887. The summed E-state index contributed by atoms with van der Waals surface area (Å²) in [6, 6.07) is 0. The SMILES string of the molecule is CCC(CC)(C(=O)O)n1nnnc1C1(C)CCCC1. The van der Waals surface area contributed by atoms with Gasteiger partial charge in [0.1, 0.15) is 0 Å². The Bertz CT molecular complexity index is 459. The maximum atomic E-state index is 11.7. The number of carbonyl (C=O) groups is 1. The van der Waals surface area contributed by atoms with Gasteiger partial charge < -0.3 is 5.11 Å². The second-order valence-corrected chi connectivity index (χ2v) is 5.73. The first-order valence-electron chi connectivity index (χ1n) is 7.03. The lowest BCUT2D eigenvalue weighted by Crippen LogP contribution is -2.44. The molecule has 1 aromatic heterocycles. The molecule has 1 heterocycles. The van der Waals surface area contributed by atoms with Crippen LogP contribution in [-0.4, -0.2) is 31.3 Å². The molecule has 19 heavy (non-hydrogen) atoms. The van der Waals surface area contributed by atoms with E-state index in [2.05, 4.69) is 22.4 Å². The van der Waals surface area contributed by atoms with Crippen molar-refractivity contribution in [3.05, 3.63) is 5.82 Å². The monoisotopic (exact) mass is 266 g/mol. The number of aliphatic carboxylic acids is 1. The van der Waals surface area contributed by atoms with Crippen molar-refractivity contribution < 1.29 is 9.90 Å². The van der Waals surface area contributed by atoms with Gasteiger partial charge in [-0.15, -0.1) is 5.10 Å². The highest BCUT2D eigenvalue weighted by Crippen LogP contribution is 2.41. The van der Waals surface area contributed by atoms with Crippen LogP contribution < -0.4 is 0 Å². The Morgan fingerprint density at radius 3 is 2.42 bits per heavy atom. The first kappa shape index (κ1) is 14.0. The molecule has 0 spiro atoms. The maximum Gasteiger partial charge on any atom is 0.331 e. The van der Waals surface area contributed by atoms with Gasteiger partial charge in [-0.1, -0.05) is 33.6 Å². The third-order valence-corrected chi connectivity index (χ3v) is 4.69. The van der Waals surface area contributed by atoms with E-state index in [1.807, 2.05) is 13.8 Å². The van der Waals surface area contributed by atoms with E-state index in [1.165, 1.54) is 0 Å². The van der Waals surface area contributed by atoms with Gasteiger partial charge in [-0.2, -0.15) is 0 Å². The summed E-state index contributed by atoms with van der Waals surface area (Å²) in [5, 5.41) is 21.6. The minimum atomic E-state index is -1.02. The molecule has 1 aromatic rings. The minimum Gasteiger partial charge on any atom is -0.479 e. The van der Waals surface area contributed by atoms with Crippen molar-refractivity contribution in [2.45, 2.75) is 70.3 Å². The van der Waals surface area contributed by atoms with Crippen LogP contribution in [0.5, 0.6) is 0 Å². The van der Waals surface area contributed by atoms with Crippen LogP contribution in [0.15, 0.2) is 0 Å². The molecule has 0 saturated heterocycles. The lowest BCUT2D eigenvalue weighted by atomic mass is 9.85. The van der Waals surface area contributed by atoms with E-state index in [1.54, 1.807) is 4.68 Å². The van der Waals surface area contributed by atoms with Gasteiger partial charge in [0.15, 0.2) is 11.4 Å². The van der Waals surface area contributed by atoms with Gasteiger partial charge in [0.05, 0.1) is 0 Å². The van der Waals surface area contributed by atoms with Crippen LogP contribution in [0.2, 0.25) is 0 Å². The zero-order valence-corrected chi connectivity index (χ0v) is 11.9. The second-order valence-electron chi connectivity index (χ2n) is 5.73. The third kappa shape index (κ3) is 2.03. The smallest absolute Gasteiger partial charge is 0.331 e. The molecular formula is C13H22N4O2. The van der Waals surface area contributed by atoms with Crippen LogP contribution in [0.3, 0.4) is 0 Å². The van der Waals surface area contributed by atoms with E-state index in [0.717, 1.165) is 31.5 Å². The molecule has 0 aliphatic heterocycles. The number of tetrazole rings is 1. The molecule has 0 amide bonds. The molecule has 1 saturated carbocycles. The van der Waals surface area contributed by atoms with E-state index in [4.69, 9.17) is 0 Å². The summed E-state index contributed by atoms with van der Waals surface area (Å²) >= 11 is 0. The van der Waals surface area contributed by atoms with Gasteiger partial charge in [0.25, 0.3) is 0 Å². The first-order valence-corrected chi connectivity index (χ1v) is 7.03. The lowest BCUT2D eigenvalue weighted by Gasteiger charge is -2.31. The van der Waals surface area contributed by atoms with Crippen molar-refractivity contribution in [3.63, 3.8) is 0 Å². The molecule has 106 valence electrons. The average Bonchev–Trinajstić information content (AvgIpc) is 3.01. The van der Waals surface area contributed by atoms with E-state index in [-0.39, 0.29) is 5.41 Å². The summed E-state index contributed by atoms with van der Waals surface area (Å²) in [7, 11) is 0. The summed E-state index contributed by atoms with van der Waals surface area (Å²) in [4.78, 5) is 11.7. The van der Waals surface area contributed by atoms with Gasteiger partial charge in [-0.3, -0.25) is 0 Å². The lowest BCUT2D eigenvalue weighted by molar-refractivity contribution is -0.149. The van der Waals surface area contributed by atoms with E-state index >= 15 is 0 Å². The standard InChI is InChI=1S/C13H22N4O2/c1-4-13(5-2,11(18)19)17-10(14-15-16-17)12(3)8-6-7-9-12/h4-9H2,1-3H3,(H,18,19). The Labute approximate surface area is 113 Å². The van der Waals surface area contributed by atoms with Gasteiger partial charge >= 0.3 is 5.97 Å². The van der Waals surface area contributed by atoms with Gasteiger partial charge in [0.2, 0.25) is 0 Å². The Hall–Kier alpha value is -1.46. The van der Waals surface area contributed by atoms with Crippen LogP contribution in [-0.2, 0) is 15.7 Å². The predicted octanol–water partition coefficient (Wildman–Crippen LogP) is 2.10. The largest absolute Gasteiger partial charge is 0.479 e. The number of nitrogens with zero attached hydrogens (tertiary/aromatic N) is 4. The number of hydrogen-bond acceptors (Lipinski definition) is 4. The number of carboxylic acids is 1. The van der Waals surface area contributed by atoms with Crippen molar-refractivity contribution >= 4 is 5.97 Å². The number of aromatic nitrogens is 4. The fraction of sp³-hybridized carbons (Fsp3) is 0.846. The predicted molar refractivity (Wildman–Crippen MR) is 69.8 cm³/mol. The van der Waals surface area contributed by atoms with E-state index < -0.39 is 11.5 Å². The molecule has 0 radical (unpaired) electrons. The van der Waals surface area contributed by atoms with Crippen molar-refractivity contribution in [1.82, 2.24) is 20.2 Å². The van der Waals surface area contributed by atoms with Gasteiger partial charge in [-0.25, -0.2) is 9.48 Å². The van der Waals surface area contributed by atoms with Crippen LogP contribution in [0.4, 0.5) is 0 Å². The molecule has 1 N–H and O–H groups in total. The number of hydrogen-bond donors (Lipinski definition) is 1. The Morgan fingerprint density at radius 2 is 1.95 bits per heavy atom. The van der Waals surface area contributed by atoms with Crippen molar-refractivity contribution in [1.29, 1.82) is 0 Å². The summed E-state index contributed by atoms with van der Waals surface area (Å²) in [6.45, 7) is 5.89. The summed E-state index contributed by atoms with van der Waals surface area (Å²) in [5.74, 6) is -0.122. The topological polar surface area (TPSA) is 80.9 Å². The zero-order chi connectivity index (χ0) is 14.1. The molecule has 1 aliphatic rings. The van der Waals surface area contributed by atoms with Gasteiger partial charge in [-0.05, 0) is 36.1 Å². The maximum absolute atomic E-state index is 11.7. The van der Waals surface area contributed by atoms with Crippen molar-refractivity contribution in [3.8, 4) is 0 Å². The molecular weight excluding hydrogens is 244 g/mol. The molecule has 0 atom stereocenters. The molecule has 0 unspecified atom stereocenters. The van der Waals surface area contributed by atoms with Gasteiger partial charge in [0, 0.05) is 5.41 Å². The Balaban J connectivity index is 2.51. The molecule has 0 aromatic carbocycles. The van der Waals surface area contributed by atoms with E-state index in [9.17, 15) is 9.90 Å². The highest BCUT2D eigenvalue weighted by molar-refractivity contribution is 5.76. The van der Waals surface area contributed by atoms with E-state index in [0.29, 0.717) is 12.8 Å². The summed E-state index contributed by atoms with van der Waals surface area (Å²) in [6.07, 6.45) is 5.32. The quantitative estimate of drug-likeness (QED) is 0.882. The third-order valence-electron chi connectivity index (χ3n) is 4.69. The van der Waals surface area contributed by atoms with Crippen molar-refractivity contribution in [2.24, 2.45) is 0 Å². The molecule has 6 nitrogen and oxygen atoms in total. The molecule has 0 bridgehead atoms. The van der Waals surface area contributed by atoms with Crippen LogP contribution in [0, 0.1) is 0 Å². The molecule has 1 fully saturated rings. The first-order chi connectivity index (χ1) is 9.00. The number of rotatable bonds is 5. The molecule has 1 aliphatic carbocycles. The Morgan fingerprint density at radius 1 is 1.37 bits per heavy atom. The number of carboxylic acid groups (broad SMARTS) is 1. The van der Waals surface area contributed by atoms with Crippen molar-refractivity contribution in [2.75, 3.05) is 0 Å². The normalized spacial score (nSPS) is 18.7. The van der Waals surface area contributed by atoms with Crippen LogP contribution >= 0.6 is 0 Å². The van der Waals surface area contributed by atoms with Crippen LogP contribution in [0.25, 0.3) is 0 Å². The fourth-order valence-corrected chi connectivity index (χ4v) is 3.17. The molecule has 6 heteroatoms. The average molecular weight is 266 g/mol. The zero-order valence-electron chi connectivity index (χ0n) is 11.9. The molecule has 2 rings (SSSR count).